The van der Waals surface area contributed by atoms with Crippen molar-refractivity contribution in [2.75, 3.05) is 5.32 Å². The lowest BCUT2D eigenvalue weighted by Gasteiger charge is -2.09. The van der Waals surface area contributed by atoms with Gasteiger partial charge in [-0.15, -0.1) is 0 Å². The number of hydrogen-bond donors (Lipinski definition) is 2. The van der Waals surface area contributed by atoms with Crippen LogP contribution in [0.15, 0.2) is 28.7 Å². The summed E-state index contributed by atoms with van der Waals surface area (Å²) in [6.45, 7) is 1.95. The number of amides is 1. The van der Waals surface area contributed by atoms with Crippen molar-refractivity contribution < 1.29 is 4.79 Å². The molecule has 2 N–H and O–H groups in total. The summed E-state index contributed by atoms with van der Waals surface area (Å²) in [5, 5.41) is 5.89. The van der Waals surface area contributed by atoms with Gasteiger partial charge in [-0.25, -0.2) is 0 Å². The van der Waals surface area contributed by atoms with Gasteiger partial charge in [-0.1, -0.05) is 28.9 Å². The highest BCUT2D eigenvalue weighted by atomic mass is 79.9. The Bertz CT molecular complexity index is 395. The zero-order valence-corrected chi connectivity index (χ0v) is 11.3. The summed E-state index contributed by atoms with van der Waals surface area (Å²) in [6, 6.07) is 7.58. The van der Waals surface area contributed by atoms with E-state index in [0.29, 0.717) is 11.5 Å². The first-order valence-corrected chi connectivity index (χ1v) is 6.18. The third-order valence-electron chi connectivity index (χ3n) is 1.81. The third kappa shape index (κ3) is 4.72. The fourth-order valence-corrected chi connectivity index (χ4v) is 1.78. The molecule has 1 aromatic rings. The molecule has 0 saturated carbocycles. The monoisotopic (exact) mass is 300 g/mol. The van der Waals surface area contributed by atoms with Crippen LogP contribution in [0.4, 0.5) is 5.69 Å². The number of carbonyl (C=O) groups is 1. The Morgan fingerprint density at radius 2 is 2.25 bits per heavy atom. The lowest BCUT2D eigenvalue weighted by Crippen LogP contribution is -2.33. The van der Waals surface area contributed by atoms with E-state index in [1.807, 2.05) is 31.2 Å². The van der Waals surface area contributed by atoms with Crippen molar-refractivity contribution in [3.63, 3.8) is 0 Å². The van der Waals surface area contributed by atoms with Crippen molar-refractivity contribution in [3.8, 4) is 0 Å². The summed E-state index contributed by atoms with van der Waals surface area (Å²) in [5.41, 5.74) is 0.844. The highest BCUT2D eigenvalue weighted by Gasteiger charge is 2.03. The van der Waals surface area contributed by atoms with Gasteiger partial charge in [-0.05, 0) is 36.8 Å². The Hall–Kier alpha value is -0.940. The molecule has 0 unspecified atom stereocenters. The quantitative estimate of drug-likeness (QED) is 0.843. The first-order valence-electron chi connectivity index (χ1n) is 4.98. The van der Waals surface area contributed by atoms with Crippen molar-refractivity contribution in [3.05, 3.63) is 28.7 Å². The molecule has 3 nitrogen and oxygen atoms in total. The molecule has 0 aliphatic carbocycles. The van der Waals surface area contributed by atoms with E-state index in [1.54, 1.807) is 0 Å². The molecule has 1 aromatic carbocycles. The lowest BCUT2D eigenvalue weighted by molar-refractivity contribution is -0.119. The van der Waals surface area contributed by atoms with Crippen LogP contribution < -0.4 is 10.6 Å². The Kier molecular flexibility index (Phi) is 5.42. The minimum Gasteiger partial charge on any atom is -0.332 e. The molecule has 86 valence electrons. The van der Waals surface area contributed by atoms with Crippen LogP contribution in [0.2, 0.25) is 0 Å². The van der Waals surface area contributed by atoms with Gasteiger partial charge in [0, 0.05) is 16.6 Å². The highest BCUT2D eigenvalue weighted by Crippen LogP contribution is 2.15. The van der Waals surface area contributed by atoms with Gasteiger partial charge in [0.15, 0.2) is 5.11 Å². The molecule has 0 bridgehead atoms. The van der Waals surface area contributed by atoms with E-state index in [4.69, 9.17) is 12.2 Å². The molecule has 1 rings (SSSR count). The van der Waals surface area contributed by atoms with E-state index in [-0.39, 0.29) is 5.91 Å². The molecule has 0 aliphatic rings. The topological polar surface area (TPSA) is 41.1 Å². The van der Waals surface area contributed by atoms with Crippen LogP contribution in [-0.2, 0) is 4.79 Å². The standard InChI is InChI=1S/C11H13BrN2OS/c1-2-4-10(15)14-11(16)13-9-6-3-5-8(12)7-9/h3,5-7H,2,4H2,1H3,(H2,13,14,15,16). The van der Waals surface area contributed by atoms with E-state index < -0.39 is 0 Å². The van der Waals surface area contributed by atoms with Crippen molar-refractivity contribution in [2.24, 2.45) is 0 Å². The highest BCUT2D eigenvalue weighted by molar-refractivity contribution is 9.10. The fraction of sp³-hybridized carbons (Fsp3) is 0.273. The Labute approximate surface area is 109 Å². The van der Waals surface area contributed by atoms with E-state index in [9.17, 15) is 4.79 Å². The van der Waals surface area contributed by atoms with Gasteiger partial charge in [0.1, 0.15) is 0 Å². The second-order valence-corrected chi connectivity index (χ2v) is 4.59. The minimum absolute atomic E-state index is 0.0602. The average Bonchev–Trinajstić information content (AvgIpc) is 2.17. The summed E-state index contributed by atoms with van der Waals surface area (Å²) >= 11 is 8.37. The van der Waals surface area contributed by atoms with Gasteiger partial charge in [-0.3, -0.25) is 4.79 Å². The predicted octanol–water partition coefficient (Wildman–Crippen LogP) is 3.06. The molecular formula is C11H13BrN2OS. The molecule has 0 aromatic heterocycles. The van der Waals surface area contributed by atoms with E-state index >= 15 is 0 Å². The predicted molar refractivity (Wildman–Crippen MR) is 73.4 cm³/mol. The number of halogens is 1. The van der Waals surface area contributed by atoms with Gasteiger partial charge in [0.05, 0.1) is 0 Å². The van der Waals surface area contributed by atoms with E-state index in [2.05, 4.69) is 26.6 Å². The zero-order valence-electron chi connectivity index (χ0n) is 8.92. The second kappa shape index (κ2) is 6.60. The zero-order chi connectivity index (χ0) is 12.0. The Balaban J connectivity index is 2.48. The Morgan fingerprint density at radius 3 is 2.88 bits per heavy atom. The van der Waals surface area contributed by atoms with Crippen LogP contribution >= 0.6 is 28.1 Å². The number of rotatable bonds is 3. The number of thiocarbonyl (C=S) groups is 1. The number of carbonyl (C=O) groups excluding carboxylic acids is 1. The summed E-state index contributed by atoms with van der Waals surface area (Å²) in [5.74, 6) is -0.0602. The molecule has 0 heterocycles. The second-order valence-electron chi connectivity index (χ2n) is 3.26. The summed E-state index contributed by atoms with van der Waals surface area (Å²) in [6.07, 6.45) is 1.30. The normalized spacial score (nSPS) is 9.62. The minimum atomic E-state index is -0.0602. The van der Waals surface area contributed by atoms with Crippen LogP contribution in [0, 0.1) is 0 Å². The smallest absolute Gasteiger partial charge is 0.226 e. The van der Waals surface area contributed by atoms with E-state index in [0.717, 1.165) is 16.6 Å². The van der Waals surface area contributed by atoms with Gasteiger partial charge in [-0.2, -0.15) is 0 Å². The SMILES string of the molecule is CCCC(=O)NC(=S)Nc1cccc(Br)c1. The van der Waals surface area contributed by atoms with Gasteiger partial charge < -0.3 is 10.6 Å². The summed E-state index contributed by atoms with van der Waals surface area (Å²) in [4.78, 5) is 11.3. The lowest BCUT2D eigenvalue weighted by atomic mass is 10.3. The largest absolute Gasteiger partial charge is 0.332 e. The van der Waals surface area contributed by atoms with Crippen molar-refractivity contribution >= 4 is 44.9 Å². The molecule has 5 heteroatoms. The van der Waals surface area contributed by atoms with E-state index in [1.165, 1.54) is 0 Å². The van der Waals surface area contributed by atoms with Crippen LogP contribution in [0.1, 0.15) is 19.8 Å². The molecule has 0 saturated heterocycles. The van der Waals surface area contributed by atoms with Crippen LogP contribution in [0.25, 0.3) is 0 Å². The number of anilines is 1. The maximum atomic E-state index is 11.3. The maximum Gasteiger partial charge on any atom is 0.226 e. The van der Waals surface area contributed by atoms with Crippen LogP contribution in [-0.4, -0.2) is 11.0 Å². The van der Waals surface area contributed by atoms with Crippen LogP contribution in [0.3, 0.4) is 0 Å². The molecule has 0 spiro atoms. The third-order valence-corrected chi connectivity index (χ3v) is 2.51. The average molecular weight is 301 g/mol. The van der Waals surface area contributed by atoms with Gasteiger partial charge in [0.25, 0.3) is 0 Å². The number of benzene rings is 1. The molecule has 0 radical (unpaired) electrons. The molecule has 0 aliphatic heterocycles. The molecule has 0 fully saturated rings. The van der Waals surface area contributed by atoms with Gasteiger partial charge >= 0.3 is 0 Å². The summed E-state index contributed by atoms with van der Waals surface area (Å²) < 4.78 is 0.959. The molecule has 1 amide bonds. The molecule has 0 atom stereocenters. The van der Waals surface area contributed by atoms with Crippen molar-refractivity contribution in [1.29, 1.82) is 0 Å². The first-order chi connectivity index (χ1) is 7.61. The van der Waals surface area contributed by atoms with Crippen molar-refractivity contribution in [1.82, 2.24) is 5.32 Å². The Morgan fingerprint density at radius 1 is 1.50 bits per heavy atom. The van der Waals surface area contributed by atoms with Crippen molar-refractivity contribution in [2.45, 2.75) is 19.8 Å². The number of nitrogens with one attached hydrogen (secondary N) is 2. The van der Waals surface area contributed by atoms with Gasteiger partial charge in [0.2, 0.25) is 5.91 Å². The fourth-order valence-electron chi connectivity index (χ4n) is 1.14. The first kappa shape index (κ1) is 13.1. The number of hydrogen-bond acceptors (Lipinski definition) is 2. The summed E-state index contributed by atoms with van der Waals surface area (Å²) in [7, 11) is 0. The molecular weight excluding hydrogens is 288 g/mol. The van der Waals surface area contributed by atoms with Crippen LogP contribution in [0.5, 0.6) is 0 Å². The molecule has 16 heavy (non-hydrogen) atoms. The maximum absolute atomic E-state index is 11.3.